The molecule has 0 aromatic rings. The molecule has 0 saturated carbocycles. The van der Waals surface area contributed by atoms with Crippen LogP contribution < -0.4 is 4.89 Å². The number of quaternary nitrogens is 1. The summed E-state index contributed by atoms with van der Waals surface area (Å²) in [5.41, 5.74) is 0. The summed E-state index contributed by atoms with van der Waals surface area (Å²) in [6, 6.07) is 0. The molecule has 1 atom stereocenters. The third-order valence-corrected chi connectivity index (χ3v) is 8.02. The molecule has 1 rings (SSSR count). The molecule has 6 heteroatoms. The standard InChI is InChI=1S/C26H54NO4P/c1-3-4-5-6-7-8-9-10-11-12-13-14-15-16-17-21-25-30-32(28,29)31-26-24-27(2)22-19-18-20-23-27/h3-26H2,1-2H3. The van der Waals surface area contributed by atoms with E-state index in [1.807, 2.05) is 0 Å². The van der Waals surface area contributed by atoms with Crippen LogP contribution in [-0.2, 0) is 13.6 Å². The minimum absolute atomic E-state index is 0.232. The Labute approximate surface area is 199 Å². The molecule has 1 unspecified atom stereocenters. The molecule has 192 valence electrons. The number of phosphoric ester groups is 1. The van der Waals surface area contributed by atoms with Crippen LogP contribution in [0.4, 0.5) is 0 Å². The molecule has 0 N–H and O–H groups in total. The van der Waals surface area contributed by atoms with Crippen LogP contribution in [0.5, 0.6) is 0 Å². The lowest BCUT2D eigenvalue weighted by Crippen LogP contribution is -2.49. The number of nitrogens with zero attached hydrogens (tertiary/aromatic N) is 1. The largest absolute Gasteiger partial charge is 0.756 e. The van der Waals surface area contributed by atoms with E-state index in [-0.39, 0.29) is 13.2 Å². The van der Waals surface area contributed by atoms with Gasteiger partial charge in [0.15, 0.2) is 0 Å². The Morgan fingerprint density at radius 2 is 1.06 bits per heavy atom. The van der Waals surface area contributed by atoms with Gasteiger partial charge >= 0.3 is 0 Å². The average molecular weight is 476 g/mol. The van der Waals surface area contributed by atoms with Gasteiger partial charge in [-0.25, -0.2) is 0 Å². The number of phosphoric acid groups is 1. The molecule has 0 amide bonds. The highest BCUT2D eigenvalue weighted by atomic mass is 31.2. The van der Waals surface area contributed by atoms with Crippen LogP contribution >= 0.6 is 7.82 Å². The summed E-state index contributed by atoms with van der Waals surface area (Å²) in [5, 5.41) is 0. The van der Waals surface area contributed by atoms with Gasteiger partial charge in [-0.05, 0) is 25.7 Å². The molecular formula is C26H54NO4P. The highest BCUT2D eigenvalue weighted by molar-refractivity contribution is 7.45. The van der Waals surface area contributed by atoms with Gasteiger partial charge in [0.05, 0.1) is 26.7 Å². The molecule has 0 aromatic heterocycles. The zero-order valence-electron chi connectivity index (χ0n) is 21.5. The molecule has 0 bridgehead atoms. The number of unbranched alkanes of at least 4 members (excludes halogenated alkanes) is 15. The molecule has 0 aliphatic carbocycles. The van der Waals surface area contributed by atoms with E-state index in [1.165, 1.54) is 109 Å². The molecule has 32 heavy (non-hydrogen) atoms. The summed E-state index contributed by atoms with van der Waals surface area (Å²) in [6.07, 6.45) is 24.6. The zero-order valence-corrected chi connectivity index (χ0v) is 22.4. The van der Waals surface area contributed by atoms with E-state index >= 15 is 0 Å². The van der Waals surface area contributed by atoms with Gasteiger partial charge in [0, 0.05) is 0 Å². The molecule has 0 aromatic carbocycles. The Morgan fingerprint density at radius 3 is 1.53 bits per heavy atom. The van der Waals surface area contributed by atoms with Crippen molar-refractivity contribution in [2.75, 3.05) is 39.9 Å². The third kappa shape index (κ3) is 17.5. The summed E-state index contributed by atoms with van der Waals surface area (Å²) >= 11 is 0. The smallest absolute Gasteiger partial charge is 0.268 e. The van der Waals surface area contributed by atoms with Gasteiger partial charge in [-0.15, -0.1) is 0 Å². The van der Waals surface area contributed by atoms with Crippen molar-refractivity contribution in [1.29, 1.82) is 0 Å². The number of hydrogen-bond donors (Lipinski definition) is 0. The van der Waals surface area contributed by atoms with Crippen LogP contribution in [0.1, 0.15) is 129 Å². The predicted octanol–water partition coefficient (Wildman–Crippen LogP) is 7.38. The van der Waals surface area contributed by atoms with E-state index < -0.39 is 7.82 Å². The number of likely N-dealkylation sites (N-methyl/N-ethyl adjacent to an activating group) is 1. The summed E-state index contributed by atoms with van der Waals surface area (Å²) < 4.78 is 23.0. The summed E-state index contributed by atoms with van der Waals surface area (Å²) in [4.78, 5) is 11.9. The van der Waals surface area contributed by atoms with E-state index in [2.05, 4.69) is 14.0 Å². The van der Waals surface area contributed by atoms with Crippen LogP contribution in [0.15, 0.2) is 0 Å². The van der Waals surface area contributed by atoms with Crippen molar-refractivity contribution in [3.8, 4) is 0 Å². The van der Waals surface area contributed by atoms with Gasteiger partial charge in [-0.3, -0.25) is 4.57 Å². The van der Waals surface area contributed by atoms with Crippen molar-refractivity contribution in [2.24, 2.45) is 0 Å². The van der Waals surface area contributed by atoms with Crippen molar-refractivity contribution in [1.82, 2.24) is 0 Å². The van der Waals surface area contributed by atoms with Crippen LogP contribution in [-0.4, -0.2) is 44.4 Å². The number of piperidine rings is 1. The van der Waals surface area contributed by atoms with Crippen molar-refractivity contribution in [3.63, 3.8) is 0 Å². The third-order valence-electron chi connectivity index (χ3n) is 7.02. The fraction of sp³-hybridized carbons (Fsp3) is 1.00. The zero-order chi connectivity index (χ0) is 23.4. The maximum atomic E-state index is 11.9. The maximum Gasteiger partial charge on any atom is 0.268 e. The first-order chi connectivity index (χ1) is 15.5. The van der Waals surface area contributed by atoms with Crippen LogP contribution in [0.25, 0.3) is 0 Å². The molecule has 1 heterocycles. The fourth-order valence-corrected chi connectivity index (χ4v) is 5.47. The Hall–Kier alpha value is 0.0700. The second-order valence-electron chi connectivity index (χ2n) is 10.3. The molecule has 0 spiro atoms. The number of likely N-dealkylation sites (tertiary alicyclic amines) is 1. The molecule has 1 aliphatic rings. The molecule has 1 fully saturated rings. The second-order valence-corrected chi connectivity index (χ2v) is 11.7. The van der Waals surface area contributed by atoms with Gasteiger partial charge < -0.3 is 18.4 Å². The van der Waals surface area contributed by atoms with E-state index in [1.54, 1.807) is 0 Å². The minimum atomic E-state index is -4.14. The first-order valence-electron chi connectivity index (χ1n) is 13.9. The fourth-order valence-electron chi connectivity index (χ4n) is 4.74. The van der Waals surface area contributed by atoms with E-state index in [0.29, 0.717) is 0 Å². The molecule has 0 radical (unpaired) electrons. The lowest BCUT2D eigenvalue weighted by molar-refractivity contribution is -0.914. The Kier molecular flexibility index (Phi) is 18.2. The van der Waals surface area contributed by atoms with Gasteiger partial charge in [0.2, 0.25) is 0 Å². The van der Waals surface area contributed by atoms with E-state index in [9.17, 15) is 9.46 Å². The lowest BCUT2D eigenvalue weighted by Gasteiger charge is -2.38. The number of hydrogen-bond acceptors (Lipinski definition) is 4. The van der Waals surface area contributed by atoms with Crippen molar-refractivity contribution >= 4 is 7.82 Å². The molecule has 1 saturated heterocycles. The average Bonchev–Trinajstić information content (AvgIpc) is 2.76. The van der Waals surface area contributed by atoms with Gasteiger partial charge in [0.1, 0.15) is 13.2 Å². The van der Waals surface area contributed by atoms with Crippen molar-refractivity contribution < 1.29 is 23.0 Å². The minimum Gasteiger partial charge on any atom is -0.756 e. The van der Waals surface area contributed by atoms with Gasteiger partial charge in [-0.1, -0.05) is 103 Å². The quantitative estimate of drug-likeness (QED) is 0.0931. The van der Waals surface area contributed by atoms with Crippen molar-refractivity contribution in [2.45, 2.75) is 129 Å². The molecule has 1 aliphatic heterocycles. The van der Waals surface area contributed by atoms with Gasteiger partial charge in [-0.2, -0.15) is 0 Å². The Morgan fingerprint density at radius 1 is 0.656 bits per heavy atom. The molecule has 5 nitrogen and oxygen atoms in total. The van der Waals surface area contributed by atoms with Gasteiger partial charge in [0.25, 0.3) is 7.82 Å². The highest BCUT2D eigenvalue weighted by Gasteiger charge is 2.25. The van der Waals surface area contributed by atoms with E-state index in [4.69, 9.17) is 9.05 Å². The Bertz CT molecular complexity index is 469. The summed E-state index contributed by atoms with van der Waals surface area (Å²) in [6.45, 7) is 5.74. The topological polar surface area (TPSA) is 58.6 Å². The molecular weight excluding hydrogens is 421 g/mol. The highest BCUT2D eigenvalue weighted by Crippen LogP contribution is 2.38. The first kappa shape index (κ1) is 30.1. The van der Waals surface area contributed by atoms with Crippen LogP contribution in [0.3, 0.4) is 0 Å². The monoisotopic (exact) mass is 475 g/mol. The second kappa shape index (κ2) is 19.4. The van der Waals surface area contributed by atoms with E-state index in [0.717, 1.165) is 37.0 Å². The lowest BCUT2D eigenvalue weighted by atomic mass is 10.0. The predicted molar refractivity (Wildman–Crippen MR) is 134 cm³/mol. The normalized spacial score (nSPS) is 18.0. The van der Waals surface area contributed by atoms with Crippen LogP contribution in [0.2, 0.25) is 0 Å². The summed E-state index contributed by atoms with van der Waals surface area (Å²) in [7, 11) is -1.95. The summed E-state index contributed by atoms with van der Waals surface area (Å²) in [5.74, 6) is 0. The van der Waals surface area contributed by atoms with Crippen LogP contribution in [0, 0.1) is 0 Å². The van der Waals surface area contributed by atoms with Crippen molar-refractivity contribution in [3.05, 3.63) is 0 Å². The maximum absolute atomic E-state index is 11.9. The SMILES string of the molecule is CCCCCCCCCCCCCCCCCCOP(=O)([O-])OCC[N+]1(C)CCCCC1. The Balaban J connectivity index is 1.82. The first-order valence-corrected chi connectivity index (χ1v) is 15.4. The number of rotatable bonds is 22.